The third kappa shape index (κ3) is 7.34. The van der Waals surface area contributed by atoms with Crippen molar-refractivity contribution in [3.63, 3.8) is 0 Å². The fourth-order valence-electron chi connectivity index (χ4n) is 2.08. The molecule has 140 valence electrons. The van der Waals surface area contributed by atoms with E-state index in [1.54, 1.807) is 0 Å². The third-order valence-corrected chi connectivity index (χ3v) is 5.17. The van der Waals surface area contributed by atoms with E-state index in [0.717, 1.165) is 0 Å². The maximum Gasteiger partial charge on any atom is 0.166 e. The highest BCUT2D eigenvalue weighted by molar-refractivity contribution is 7.97. The van der Waals surface area contributed by atoms with Gasteiger partial charge < -0.3 is 0 Å². The first kappa shape index (κ1) is 30.5. The van der Waals surface area contributed by atoms with Crippen molar-refractivity contribution in [1.29, 1.82) is 0 Å². The summed E-state index contributed by atoms with van der Waals surface area (Å²) in [6, 6.07) is 32.2. The molecule has 3 aromatic carbocycles. The van der Waals surface area contributed by atoms with Gasteiger partial charge in [-0.3, -0.25) is 28.2 Å². The predicted octanol–water partition coefficient (Wildman–Crippen LogP) is 5.70. The van der Waals surface area contributed by atoms with Crippen molar-refractivity contribution < 1.29 is 28.2 Å². The summed E-state index contributed by atoms with van der Waals surface area (Å²) in [5.41, 5.74) is 0. The van der Waals surface area contributed by atoms with Crippen molar-refractivity contribution in [2.45, 2.75) is 14.7 Å². The van der Waals surface area contributed by atoms with Crippen molar-refractivity contribution in [2.24, 2.45) is 0 Å². The molecule has 0 aromatic heterocycles. The summed E-state index contributed by atoms with van der Waals surface area (Å²) in [6.07, 6.45) is 0. The largest absolute Gasteiger partial charge is 0.269 e. The number of halogens is 6. The molecule has 0 atom stereocenters. The van der Waals surface area contributed by atoms with Crippen LogP contribution in [0.5, 0.6) is 0 Å². The second-order valence-electron chi connectivity index (χ2n) is 4.25. The van der Waals surface area contributed by atoms with Crippen LogP contribution in [-0.2, 0) is 10.9 Å². The van der Waals surface area contributed by atoms with Gasteiger partial charge >= 0.3 is 0 Å². The quantitative estimate of drug-likeness (QED) is 0.402. The minimum atomic E-state index is -0.0146. The first-order valence-electron chi connectivity index (χ1n) is 6.34. The van der Waals surface area contributed by atoms with Crippen LogP contribution in [0.15, 0.2) is 106 Å². The van der Waals surface area contributed by atoms with E-state index in [1.807, 2.05) is 0 Å². The fraction of sp³-hybridized carbons (Fsp3) is 0. The maximum absolute atomic E-state index is 2.21. The van der Waals surface area contributed by atoms with Crippen LogP contribution in [0.3, 0.4) is 0 Å². The van der Waals surface area contributed by atoms with Crippen LogP contribution in [0.25, 0.3) is 0 Å². The van der Waals surface area contributed by atoms with Gasteiger partial charge in [0.1, 0.15) is 0 Å². The van der Waals surface area contributed by atoms with Gasteiger partial charge in [0, 0.05) is 0 Å². The normalized spacial score (nSPS) is 8.04. The molecule has 3 aromatic rings. The Kier molecular flexibility index (Phi) is 18.4. The van der Waals surface area contributed by atoms with Crippen molar-refractivity contribution in [3.8, 4) is 0 Å². The molecule has 0 radical (unpaired) electrons. The molecule has 0 nitrogen and oxygen atoms in total. The van der Waals surface area contributed by atoms with Crippen LogP contribution in [0, 0.1) is 0 Å². The Morgan fingerprint density at radius 3 is 0.720 bits per heavy atom. The second kappa shape index (κ2) is 15.1. The van der Waals surface area contributed by atoms with E-state index in [-0.39, 0.29) is 39.1 Å². The standard InChI is InChI=1S/C18H15S.6FH/c1-4-10-16(11-5-1)19(17-12-6-2-7-13-17)18-14-8-3-9-15-18;;;;;;/h1-15H;6*1H/q+1;;;;;;. The summed E-state index contributed by atoms with van der Waals surface area (Å²) in [5, 5.41) is 0. The van der Waals surface area contributed by atoms with Gasteiger partial charge in [-0.25, -0.2) is 0 Å². The van der Waals surface area contributed by atoms with E-state index in [9.17, 15) is 0 Å². The summed E-state index contributed by atoms with van der Waals surface area (Å²) in [7, 11) is -0.0146. The number of hydrogen-bond donors (Lipinski definition) is 0. The second-order valence-corrected chi connectivity index (χ2v) is 6.27. The third-order valence-electron chi connectivity index (χ3n) is 2.94. The Hall–Kier alpha value is -2.41. The molecular formula is C18H21F6S+. The zero-order chi connectivity index (χ0) is 12.9. The molecule has 0 amide bonds. The molecule has 25 heavy (non-hydrogen) atoms. The Labute approximate surface area is 145 Å². The molecule has 0 aliphatic heterocycles. The summed E-state index contributed by atoms with van der Waals surface area (Å²) < 4.78 is 0. The van der Waals surface area contributed by atoms with Crippen LogP contribution in [0.4, 0.5) is 28.2 Å². The predicted molar refractivity (Wildman–Crippen MR) is 96.5 cm³/mol. The topological polar surface area (TPSA) is 0 Å². The van der Waals surface area contributed by atoms with Gasteiger partial charge in [0.2, 0.25) is 0 Å². The van der Waals surface area contributed by atoms with E-state index < -0.39 is 0 Å². The summed E-state index contributed by atoms with van der Waals surface area (Å²) in [4.78, 5) is 4.08. The summed E-state index contributed by atoms with van der Waals surface area (Å²) >= 11 is 0. The van der Waals surface area contributed by atoms with Gasteiger partial charge in [-0.05, 0) is 36.4 Å². The maximum atomic E-state index is 2.21. The molecule has 0 saturated carbocycles. The Balaban J connectivity index is -0.000000367. The SMILES string of the molecule is F.F.F.F.F.F.c1ccc([S+](c2ccccc2)c2ccccc2)cc1. The highest BCUT2D eigenvalue weighted by Gasteiger charge is 2.27. The van der Waals surface area contributed by atoms with Crippen LogP contribution in [0.1, 0.15) is 0 Å². The van der Waals surface area contributed by atoms with E-state index in [1.165, 1.54) is 14.7 Å². The molecule has 7 heteroatoms. The van der Waals surface area contributed by atoms with E-state index in [4.69, 9.17) is 0 Å². The minimum absolute atomic E-state index is 0. The minimum Gasteiger partial charge on any atom is -0.269 e. The molecule has 0 spiro atoms. The van der Waals surface area contributed by atoms with E-state index in [2.05, 4.69) is 91.0 Å². The first-order valence-corrected chi connectivity index (χ1v) is 7.57. The zero-order valence-electron chi connectivity index (χ0n) is 13.0. The highest BCUT2D eigenvalue weighted by Crippen LogP contribution is 2.30. The lowest BCUT2D eigenvalue weighted by molar-refractivity contribution is 1.11. The molecule has 0 bridgehead atoms. The van der Waals surface area contributed by atoms with Gasteiger partial charge in [-0.2, -0.15) is 0 Å². The Morgan fingerprint density at radius 2 is 0.520 bits per heavy atom. The molecule has 0 unspecified atom stereocenters. The summed E-state index contributed by atoms with van der Waals surface area (Å²) in [6.45, 7) is 0. The van der Waals surface area contributed by atoms with Crippen molar-refractivity contribution in [1.82, 2.24) is 0 Å². The summed E-state index contributed by atoms with van der Waals surface area (Å²) in [5.74, 6) is 0. The molecule has 0 aliphatic rings. The monoisotopic (exact) mass is 383 g/mol. The number of benzene rings is 3. The van der Waals surface area contributed by atoms with Crippen LogP contribution in [-0.4, -0.2) is 0 Å². The number of rotatable bonds is 3. The van der Waals surface area contributed by atoms with Gasteiger partial charge in [0.05, 0.1) is 10.9 Å². The highest BCUT2D eigenvalue weighted by atomic mass is 32.2. The Bertz CT molecular complexity index is 544. The van der Waals surface area contributed by atoms with Gasteiger partial charge in [-0.1, -0.05) is 54.6 Å². The molecule has 0 aliphatic carbocycles. The molecular weight excluding hydrogens is 362 g/mol. The smallest absolute Gasteiger partial charge is 0.166 e. The molecule has 3 rings (SSSR count). The van der Waals surface area contributed by atoms with Crippen molar-refractivity contribution in [3.05, 3.63) is 91.0 Å². The number of hydrogen-bond acceptors (Lipinski definition) is 0. The van der Waals surface area contributed by atoms with Crippen molar-refractivity contribution in [2.75, 3.05) is 0 Å². The van der Waals surface area contributed by atoms with Crippen LogP contribution < -0.4 is 0 Å². The van der Waals surface area contributed by atoms with Crippen molar-refractivity contribution >= 4 is 10.9 Å². The molecule has 0 saturated heterocycles. The molecule has 0 heterocycles. The van der Waals surface area contributed by atoms with E-state index in [0.29, 0.717) is 0 Å². The van der Waals surface area contributed by atoms with Gasteiger partial charge in [0.15, 0.2) is 14.7 Å². The molecule has 0 fully saturated rings. The fourth-order valence-corrected chi connectivity index (χ4v) is 4.18. The van der Waals surface area contributed by atoms with E-state index >= 15 is 0 Å². The lowest BCUT2D eigenvalue weighted by atomic mass is 10.4. The first-order chi connectivity index (χ1) is 9.45. The average molecular weight is 383 g/mol. The lowest BCUT2D eigenvalue weighted by Gasteiger charge is -2.07. The van der Waals surface area contributed by atoms with Crippen LogP contribution in [0.2, 0.25) is 0 Å². The zero-order valence-corrected chi connectivity index (χ0v) is 13.8. The lowest BCUT2D eigenvalue weighted by Crippen LogP contribution is -2.04. The van der Waals surface area contributed by atoms with Crippen LogP contribution >= 0.6 is 0 Å². The van der Waals surface area contributed by atoms with Gasteiger partial charge in [-0.15, -0.1) is 0 Å². The molecule has 0 N–H and O–H groups in total. The average Bonchev–Trinajstić information content (AvgIpc) is 2.51. The van der Waals surface area contributed by atoms with Gasteiger partial charge in [0.25, 0.3) is 0 Å². The Morgan fingerprint density at radius 1 is 0.320 bits per heavy atom.